The molecule has 0 aliphatic rings. The Bertz CT molecular complexity index is 336. The van der Waals surface area contributed by atoms with Gasteiger partial charge in [0.1, 0.15) is 5.82 Å². The van der Waals surface area contributed by atoms with Gasteiger partial charge in [0.05, 0.1) is 6.54 Å². The molecule has 0 amide bonds. The van der Waals surface area contributed by atoms with Gasteiger partial charge in [-0.15, -0.1) is 0 Å². The smallest absolute Gasteiger partial charge is 0.142 e. The van der Waals surface area contributed by atoms with Crippen LogP contribution in [0.2, 0.25) is 0 Å². The second-order valence-electron chi connectivity index (χ2n) is 4.53. The predicted molar refractivity (Wildman–Crippen MR) is 66.1 cm³/mol. The Kier molecular flexibility index (Phi) is 4.83. The van der Waals surface area contributed by atoms with Gasteiger partial charge in [0, 0.05) is 23.9 Å². The molecule has 0 bridgehead atoms. The van der Waals surface area contributed by atoms with Crippen LogP contribution in [0.1, 0.15) is 30.6 Å². The molecule has 1 heterocycles. The summed E-state index contributed by atoms with van der Waals surface area (Å²) in [6.45, 7) is 4.87. The van der Waals surface area contributed by atoms with Crippen molar-refractivity contribution in [3.8, 4) is 0 Å². The molecule has 0 saturated carbocycles. The van der Waals surface area contributed by atoms with Crippen molar-refractivity contribution in [3.63, 3.8) is 0 Å². The fourth-order valence-electron chi connectivity index (χ4n) is 1.57. The topological polar surface area (TPSA) is 55.0 Å². The Labute approximate surface area is 97.9 Å². The molecule has 1 atom stereocenters. The van der Waals surface area contributed by atoms with Gasteiger partial charge >= 0.3 is 0 Å². The Balaban J connectivity index is 2.81. The summed E-state index contributed by atoms with van der Waals surface area (Å²) in [6, 6.07) is 2.22. The molecular weight excluding hydrogens is 200 g/mol. The largest absolute Gasteiger partial charge is 0.327 e. The van der Waals surface area contributed by atoms with Crippen LogP contribution < -0.4 is 5.73 Å². The third kappa shape index (κ3) is 4.24. The van der Waals surface area contributed by atoms with E-state index in [0.29, 0.717) is 0 Å². The van der Waals surface area contributed by atoms with Gasteiger partial charge in [-0.25, -0.2) is 9.97 Å². The molecule has 0 fully saturated rings. The van der Waals surface area contributed by atoms with E-state index in [0.717, 1.165) is 36.6 Å². The lowest BCUT2D eigenvalue weighted by atomic mass is 10.1. The Morgan fingerprint density at radius 3 is 2.62 bits per heavy atom. The molecular formula is C12H22N4. The normalized spacial score (nSPS) is 13.1. The zero-order valence-electron chi connectivity index (χ0n) is 10.7. The summed E-state index contributed by atoms with van der Waals surface area (Å²) in [5, 5.41) is 0. The Morgan fingerprint density at radius 1 is 1.38 bits per heavy atom. The van der Waals surface area contributed by atoms with E-state index in [1.807, 2.05) is 27.1 Å². The average Bonchev–Trinajstić information content (AvgIpc) is 2.15. The second-order valence-corrected chi connectivity index (χ2v) is 4.53. The lowest BCUT2D eigenvalue weighted by molar-refractivity contribution is 0.389. The molecule has 0 aliphatic heterocycles. The highest BCUT2D eigenvalue weighted by Gasteiger charge is 2.06. The highest BCUT2D eigenvalue weighted by molar-refractivity contribution is 5.11. The minimum atomic E-state index is 0.196. The molecule has 4 nitrogen and oxygen atoms in total. The number of hydrogen-bond acceptors (Lipinski definition) is 4. The van der Waals surface area contributed by atoms with Crippen molar-refractivity contribution in [1.82, 2.24) is 14.9 Å². The standard InChI is InChI=1S/C12H22N4/c1-5-10(13)7-11-6-9(2)14-12(15-11)8-16(3)4/h6,10H,5,7-8,13H2,1-4H3. The first-order chi connectivity index (χ1) is 7.51. The molecule has 2 N–H and O–H groups in total. The molecule has 0 radical (unpaired) electrons. The molecule has 0 spiro atoms. The lowest BCUT2D eigenvalue weighted by Gasteiger charge is -2.12. The van der Waals surface area contributed by atoms with Crippen molar-refractivity contribution >= 4 is 0 Å². The molecule has 0 saturated heterocycles. The van der Waals surface area contributed by atoms with Gasteiger partial charge in [0.2, 0.25) is 0 Å². The molecule has 90 valence electrons. The molecule has 0 aromatic carbocycles. The monoisotopic (exact) mass is 222 g/mol. The van der Waals surface area contributed by atoms with Crippen LogP contribution in [0.3, 0.4) is 0 Å². The van der Waals surface area contributed by atoms with Crippen LogP contribution in [-0.2, 0) is 13.0 Å². The molecule has 1 aromatic rings. The summed E-state index contributed by atoms with van der Waals surface area (Å²) in [5.74, 6) is 0.878. The third-order valence-electron chi connectivity index (χ3n) is 2.41. The zero-order chi connectivity index (χ0) is 12.1. The average molecular weight is 222 g/mol. The van der Waals surface area contributed by atoms with Crippen molar-refractivity contribution < 1.29 is 0 Å². The number of nitrogens with zero attached hydrogens (tertiary/aromatic N) is 3. The molecule has 16 heavy (non-hydrogen) atoms. The maximum absolute atomic E-state index is 5.94. The van der Waals surface area contributed by atoms with Crippen molar-refractivity contribution in [2.75, 3.05) is 14.1 Å². The van der Waals surface area contributed by atoms with Gasteiger partial charge in [-0.2, -0.15) is 0 Å². The van der Waals surface area contributed by atoms with Crippen molar-refractivity contribution in [2.45, 2.75) is 39.3 Å². The molecule has 1 unspecified atom stereocenters. The molecule has 1 aromatic heterocycles. The van der Waals surface area contributed by atoms with Crippen LogP contribution in [-0.4, -0.2) is 35.0 Å². The van der Waals surface area contributed by atoms with E-state index in [9.17, 15) is 0 Å². The fourth-order valence-corrected chi connectivity index (χ4v) is 1.57. The van der Waals surface area contributed by atoms with Crippen LogP contribution in [0, 0.1) is 6.92 Å². The van der Waals surface area contributed by atoms with E-state index in [1.54, 1.807) is 0 Å². The van der Waals surface area contributed by atoms with E-state index in [1.165, 1.54) is 0 Å². The van der Waals surface area contributed by atoms with Crippen molar-refractivity contribution in [3.05, 3.63) is 23.3 Å². The van der Waals surface area contributed by atoms with Crippen molar-refractivity contribution in [2.24, 2.45) is 5.73 Å². The summed E-state index contributed by atoms with van der Waals surface area (Å²) in [4.78, 5) is 11.0. The van der Waals surface area contributed by atoms with E-state index in [2.05, 4.69) is 21.8 Å². The van der Waals surface area contributed by atoms with Gasteiger partial charge in [0.25, 0.3) is 0 Å². The zero-order valence-corrected chi connectivity index (χ0v) is 10.7. The highest BCUT2D eigenvalue weighted by atomic mass is 15.1. The van der Waals surface area contributed by atoms with Gasteiger partial charge in [-0.1, -0.05) is 6.92 Å². The maximum atomic E-state index is 5.94. The molecule has 1 rings (SSSR count). The summed E-state index contributed by atoms with van der Waals surface area (Å²) >= 11 is 0. The Hall–Kier alpha value is -1.00. The number of aryl methyl sites for hydroxylation is 1. The van der Waals surface area contributed by atoms with Gasteiger partial charge < -0.3 is 10.6 Å². The maximum Gasteiger partial charge on any atom is 0.142 e. The van der Waals surface area contributed by atoms with Gasteiger partial charge in [-0.05, 0) is 33.5 Å². The van der Waals surface area contributed by atoms with Crippen molar-refractivity contribution in [1.29, 1.82) is 0 Å². The number of aromatic nitrogens is 2. The highest BCUT2D eigenvalue weighted by Crippen LogP contribution is 2.05. The van der Waals surface area contributed by atoms with E-state index < -0.39 is 0 Å². The van der Waals surface area contributed by atoms with Crippen LogP contribution in [0.15, 0.2) is 6.07 Å². The molecule has 4 heteroatoms. The first-order valence-electron chi connectivity index (χ1n) is 5.75. The number of nitrogens with two attached hydrogens (primary N) is 1. The van der Waals surface area contributed by atoms with E-state index in [4.69, 9.17) is 5.73 Å². The fraction of sp³-hybridized carbons (Fsp3) is 0.667. The summed E-state index contributed by atoms with van der Waals surface area (Å²) < 4.78 is 0. The molecule has 0 aliphatic carbocycles. The number of hydrogen-bond donors (Lipinski definition) is 1. The SMILES string of the molecule is CCC(N)Cc1cc(C)nc(CN(C)C)n1. The first kappa shape index (κ1) is 13.1. The summed E-state index contributed by atoms with van der Waals surface area (Å²) in [7, 11) is 4.03. The summed E-state index contributed by atoms with van der Waals surface area (Å²) in [5.41, 5.74) is 8.01. The minimum absolute atomic E-state index is 0.196. The Morgan fingerprint density at radius 2 is 2.06 bits per heavy atom. The van der Waals surface area contributed by atoms with Crippen LogP contribution in [0.25, 0.3) is 0 Å². The third-order valence-corrected chi connectivity index (χ3v) is 2.41. The number of rotatable bonds is 5. The van der Waals surface area contributed by atoms with Gasteiger partial charge in [-0.3, -0.25) is 0 Å². The van der Waals surface area contributed by atoms with Crippen LogP contribution >= 0.6 is 0 Å². The predicted octanol–water partition coefficient (Wildman–Crippen LogP) is 1.13. The van der Waals surface area contributed by atoms with Crippen LogP contribution in [0.5, 0.6) is 0 Å². The first-order valence-corrected chi connectivity index (χ1v) is 5.75. The van der Waals surface area contributed by atoms with Gasteiger partial charge in [0.15, 0.2) is 0 Å². The second kappa shape index (κ2) is 5.92. The minimum Gasteiger partial charge on any atom is -0.327 e. The van der Waals surface area contributed by atoms with E-state index >= 15 is 0 Å². The van der Waals surface area contributed by atoms with Crippen LogP contribution in [0.4, 0.5) is 0 Å². The van der Waals surface area contributed by atoms with E-state index in [-0.39, 0.29) is 6.04 Å². The lowest BCUT2D eigenvalue weighted by Crippen LogP contribution is -2.23. The quantitative estimate of drug-likeness (QED) is 0.811. The summed E-state index contributed by atoms with van der Waals surface area (Å²) in [6.07, 6.45) is 1.81.